The van der Waals surface area contributed by atoms with Crippen LogP contribution in [0, 0.1) is 0 Å². The highest BCUT2D eigenvalue weighted by atomic mass is 16.5. The lowest BCUT2D eigenvalue weighted by Gasteiger charge is -2.45. The van der Waals surface area contributed by atoms with Crippen LogP contribution in [-0.4, -0.2) is 25.7 Å². The van der Waals surface area contributed by atoms with E-state index in [4.69, 9.17) is 4.74 Å². The summed E-state index contributed by atoms with van der Waals surface area (Å²) < 4.78 is 5.24. The molecule has 0 unspecified atom stereocenters. The van der Waals surface area contributed by atoms with Crippen LogP contribution in [0.4, 0.5) is 11.4 Å². The predicted octanol–water partition coefficient (Wildman–Crippen LogP) is 2.73. The van der Waals surface area contributed by atoms with Crippen LogP contribution < -0.4 is 15.0 Å². The van der Waals surface area contributed by atoms with Crippen LogP contribution in [-0.2, 0) is 0 Å². The third kappa shape index (κ3) is 1.70. The summed E-state index contributed by atoms with van der Waals surface area (Å²) >= 11 is 0. The number of fused-ring (bicyclic) bond motifs is 1. The molecule has 3 heteroatoms. The van der Waals surface area contributed by atoms with Crippen LogP contribution in [0.2, 0.25) is 0 Å². The molecule has 0 spiro atoms. The average Bonchev–Trinajstić information content (AvgIpc) is 2.27. The van der Waals surface area contributed by atoms with Crippen molar-refractivity contribution in [3.05, 3.63) is 18.2 Å². The van der Waals surface area contributed by atoms with Crippen LogP contribution in [0.3, 0.4) is 0 Å². The molecule has 0 aliphatic carbocycles. The van der Waals surface area contributed by atoms with E-state index in [1.807, 2.05) is 6.07 Å². The Morgan fingerprint density at radius 3 is 2.81 bits per heavy atom. The number of rotatable bonds is 2. The second-order valence-electron chi connectivity index (χ2n) is 4.79. The number of benzene rings is 1. The number of likely N-dealkylation sites (N-methyl/N-ethyl adjacent to an activating group) is 1. The topological polar surface area (TPSA) is 24.5 Å². The molecule has 3 nitrogen and oxygen atoms in total. The maximum Gasteiger partial charge on any atom is 0.121 e. The molecule has 0 fully saturated rings. The van der Waals surface area contributed by atoms with Crippen molar-refractivity contribution in [3.63, 3.8) is 0 Å². The van der Waals surface area contributed by atoms with Gasteiger partial charge >= 0.3 is 0 Å². The molecule has 1 heterocycles. The van der Waals surface area contributed by atoms with Crippen molar-refractivity contribution in [1.29, 1.82) is 0 Å². The van der Waals surface area contributed by atoms with Crippen LogP contribution in [0.25, 0.3) is 0 Å². The fourth-order valence-corrected chi connectivity index (χ4v) is 2.35. The summed E-state index contributed by atoms with van der Waals surface area (Å²) in [5.74, 6) is 0.905. The fraction of sp³-hybridized carbons (Fsp3) is 0.538. The van der Waals surface area contributed by atoms with Crippen molar-refractivity contribution >= 4 is 11.4 Å². The Hall–Kier alpha value is -1.38. The van der Waals surface area contributed by atoms with Gasteiger partial charge in [-0.25, -0.2) is 0 Å². The maximum absolute atomic E-state index is 5.24. The van der Waals surface area contributed by atoms with E-state index >= 15 is 0 Å². The highest BCUT2D eigenvalue weighted by Gasteiger charge is 2.31. The quantitative estimate of drug-likeness (QED) is 0.829. The molecule has 16 heavy (non-hydrogen) atoms. The molecule has 1 aromatic rings. The zero-order chi connectivity index (χ0) is 11.8. The van der Waals surface area contributed by atoms with Gasteiger partial charge in [0.2, 0.25) is 0 Å². The van der Waals surface area contributed by atoms with E-state index in [1.54, 1.807) is 7.11 Å². The van der Waals surface area contributed by atoms with Crippen LogP contribution >= 0.6 is 0 Å². The number of nitrogens with one attached hydrogen (secondary N) is 1. The average molecular weight is 220 g/mol. The van der Waals surface area contributed by atoms with Crippen molar-refractivity contribution in [2.45, 2.75) is 26.3 Å². The van der Waals surface area contributed by atoms with E-state index in [2.05, 4.69) is 43.1 Å². The Morgan fingerprint density at radius 2 is 2.19 bits per heavy atom. The summed E-state index contributed by atoms with van der Waals surface area (Å²) in [7, 11) is 1.70. The number of anilines is 2. The molecule has 0 bridgehead atoms. The van der Waals surface area contributed by atoms with E-state index in [9.17, 15) is 0 Å². The second-order valence-corrected chi connectivity index (χ2v) is 4.79. The number of methoxy groups -OCH3 is 1. The Morgan fingerprint density at radius 1 is 1.44 bits per heavy atom. The zero-order valence-electron chi connectivity index (χ0n) is 10.5. The lowest BCUT2D eigenvalue weighted by molar-refractivity contribution is 0.414. The summed E-state index contributed by atoms with van der Waals surface area (Å²) in [5, 5.41) is 3.47. The molecule has 0 atom stereocenters. The largest absolute Gasteiger partial charge is 0.497 e. The maximum atomic E-state index is 5.24. The van der Waals surface area contributed by atoms with Crippen molar-refractivity contribution in [2.75, 3.05) is 30.4 Å². The number of hydrogen-bond acceptors (Lipinski definition) is 3. The summed E-state index contributed by atoms with van der Waals surface area (Å²) in [5.41, 5.74) is 2.59. The van der Waals surface area contributed by atoms with Gasteiger partial charge < -0.3 is 15.0 Å². The highest BCUT2D eigenvalue weighted by Crippen LogP contribution is 2.37. The van der Waals surface area contributed by atoms with E-state index in [0.717, 1.165) is 18.8 Å². The second kappa shape index (κ2) is 3.89. The van der Waals surface area contributed by atoms with Gasteiger partial charge in [0.25, 0.3) is 0 Å². The molecule has 0 saturated carbocycles. The fourth-order valence-electron chi connectivity index (χ4n) is 2.35. The molecule has 0 aromatic heterocycles. The van der Waals surface area contributed by atoms with Gasteiger partial charge in [-0.2, -0.15) is 0 Å². The van der Waals surface area contributed by atoms with Crippen LogP contribution in [0.15, 0.2) is 18.2 Å². The number of hydrogen-bond donors (Lipinski definition) is 1. The number of nitrogens with zero attached hydrogens (tertiary/aromatic N) is 1. The van der Waals surface area contributed by atoms with Gasteiger partial charge in [-0.1, -0.05) is 0 Å². The smallest absolute Gasteiger partial charge is 0.121 e. The van der Waals surface area contributed by atoms with Gasteiger partial charge in [0, 0.05) is 19.2 Å². The van der Waals surface area contributed by atoms with Gasteiger partial charge in [-0.05, 0) is 32.9 Å². The number of ether oxygens (including phenoxy) is 1. The van der Waals surface area contributed by atoms with E-state index in [1.165, 1.54) is 11.4 Å². The normalized spacial score (nSPS) is 17.6. The summed E-state index contributed by atoms with van der Waals surface area (Å²) in [6, 6.07) is 6.21. The van der Waals surface area contributed by atoms with Crippen LogP contribution in [0.1, 0.15) is 20.8 Å². The van der Waals surface area contributed by atoms with Gasteiger partial charge in [0.15, 0.2) is 0 Å². The standard InChI is InChI=1S/C13H20N2O/c1-5-15-12-7-6-10(16-4)8-11(12)14-9-13(15,2)3/h6-8,14H,5,9H2,1-4H3. The Balaban J connectivity index is 2.43. The van der Waals surface area contributed by atoms with Gasteiger partial charge in [-0.3, -0.25) is 0 Å². The minimum Gasteiger partial charge on any atom is -0.497 e. The Bertz CT molecular complexity index is 388. The summed E-state index contributed by atoms with van der Waals surface area (Å²) in [6.07, 6.45) is 0. The first-order chi connectivity index (χ1) is 7.58. The third-order valence-electron chi connectivity index (χ3n) is 3.25. The molecule has 2 rings (SSSR count). The Kier molecular flexibility index (Phi) is 2.70. The van der Waals surface area contributed by atoms with Crippen molar-refractivity contribution in [1.82, 2.24) is 0 Å². The molecule has 0 saturated heterocycles. The van der Waals surface area contributed by atoms with E-state index in [0.29, 0.717) is 0 Å². The molecule has 1 aromatic carbocycles. The molecule has 88 valence electrons. The monoisotopic (exact) mass is 220 g/mol. The predicted molar refractivity (Wildman–Crippen MR) is 68.6 cm³/mol. The highest BCUT2D eigenvalue weighted by molar-refractivity contribution is 5.75. The van der Waals surface area contributed by atoms with Gasteiger partial charge in [0.1, 0.15) is 5.75 Å². The first-order valence-corrected chi connectivity index (χ1v) is 5.78. The van der Waals surface area contributed by atoms with Gasteiger partial charge in [-0.15, -0.1) is 0 Å². The molecule has 0 amide bonds. The minimum absolute atomic E-state index is 0.163. The first-order valence-electron chi connectivity index (χ1n) is 5.78. The minimum atomic E-state index is 0.163. The van der Waals surface area contributed by atoms with Crippen molar-refractivity contribution in [3.8, 4) is 5.75 Å². The molecule has 1 aliphatic heterocycles. The third-order valence-corrected chi connectivity index (χ3v) is 3.25. The molecular weight excluding hydrogens is 200 g/mol. The first kappa shape index (κ1) is 11.1. The summed E-state index contributed by atoms with van der Waals surface area (Å²) in [4.78, 5) is 2.43. The Labute approximate surface area is 97.4 Å². The molecule has 1 aliphatic rings. The van der Waals surface area contributed by atoms with E-state index < -0.39 is 0 Å². The SMILES string of the molecule is CCN1c2ccc(OC)cc2NCC1(C)C. The van der Waals surface area contributed by atoms with Crippen molar-refractivity contribution in [2.24, 2.45) is 0 Å². The summed E-state index contributed by atoms with van der Waals surface area (Å²) in [6.45, 7) is 8.70. The zero-order valence-corrected chi connectivity index (χ0v) is 10.5. The van der Waals surface area contributed by atoms with Gasteiger partial charge in [0.05, 0.1) is 24.0 Å². The molecule has 0 radical (unpaired) electrons. The molecule has 1 N–H and O–H groups in total. The van der Waals surface area contributed by atoms with Crippen LogP contribution in [0.5, 0.6) is 5.75 Å². The lowest BCUT2D eigenvalue weighted by Crippen LogP contribution is -2.52. The lowest BCUT2D eigenvalue weighted by atomic mass is 9.97. The van der Waals surface area contributed by atoms with E-state index in [-0.39, 0.29) is 5.54 Å². The van der Waals surface area contributed by atoms with Crippen molar-refractivity contribution < 1.29 is 4.74 Å². The molecular formula is C13H20N2O.